The number of aryl methyl sites for hydroxylation is 2. The molecule has 23 heavy (non-hydrogen) atoms. The van der Waals surface area contributed by atoms with Crippen LogP contribution in [-0.4, -0.2) is 22.9 Å². The molecule has 0 unspecified atom stereocenters. The standard InChI is InChI=1S/C18H23BrN2O2/c1-4-6-11-21-16(12-13-7-9-14(19)10-8-13)17(18(22)23-3)15(5-2)20-21/h7-10H,4-6,11-12H2,1-3H3. The van der Waals surface area contributed by atoms with Crippen LogP contribution in [0, 0.1) is 0 Å². The number of ether oxygens (including phenoxy) is 1. The lowest BCUT2D eigenvalue weighted by atomic mass is 10.0. The summed E-state index contributed by atoms with van der Waals surface area (Å²) < 4.78 is 8.02. The van der Waals surface area contributed by atoms with E-state index in [1.165, 1.54) is 7.11 Å². The van der Waals surface area contributed by atoms with Crippen LogP contribution >= 0.6 is 15.9 Å². The lowest BCUT2D eigenvalue weighted by Crippen LogP contribution is -2.10. The van der Waals surface area contributed by atoms with Crippen molar-refractivity contribution in [1.29, 1.82) is 0 Å². The molecule has 0 spiro atoms. The smallest absolute Gasteiger partial charge is 0.341 e. The van der Waals surface area contributed by atoms with Crippen molar-refractivity contribution in [2.45, 2.75) is 46.1 Å². The van der Waals surface area contributed by atoms with Crippen molar-refractivity contribution in [2.75, 3.05) is 7.11 Å². The molecule has 0 saturated carbocycles. The molecule has 0 fully saturated rings. The van der Waals surface area contributed by atoms with Crippen molar-refractivity contribution in [1.82, 2.24) is 9.78 Å². The maximum atomic E-state index is 12.3. The van der Waals surface area contributed by atoms with Gasteiger partial charge in [-0.15, -0.1) is 0 Å². The Kier molecular flexibility index (Phi) is 6.39. The number of carbonyl (C=O) groups is 1. The molecule has 1 heterocycles. The average Bonchev–Trinajstić information content (AvgIpc) is 2.91. The van der Waals surface area contributed by atoms with Crippen LogP contribution in [0.25, 0.3) is 0 Å². The van der Waals surface area contributed by atoms with Crippen LogP contribution < -0.4 is 0 Å². The first-order chi connectivity index (χ1) is 11.1. The first-order valence-electron chi connectivity index (χ1n) is 8.02. The molecule has 0 aliphatic heterocycles. The Hall–Kier alpha value is -1.62. The highest BCUT2D eigenvalue weighted by Gasteiger charge is 2.23. The Morgan fingerprint density at radius 2 is 1.96 bits per heavy atom. The molecule has 5 heteroatoms. The quantitative estimate of drug-likeness (QED) is 0.671. The zero-order chi connectivity index (χ0) is 16.8. The third kappa shape index (κ3) is 4.22. The molecule has 0 aliphatic rings. The van der Waals surface area contributed by atoms with E-state index in [1.807, 2.05) is 23.7 Å². The Morgan fingerprint density at radius 3 is 2.52 bits per heavy atom. The second-order valence-electron chi connectivity index (χ2n) is 5.49. The van der Waals surface area contributed by atoms with Crippen molar-refractivity contribution in [3.8, 4) is 0 Å². The van der Waals surface area contributed by atoms with E-state index in [0.29, 0.717) is 12.0 Å². The summed E-state index contributed by atoms with van der Waals surface area (Å²) in [5.74, 6) is -0.295. The van der Waals surface area contributed by atoms with Gasteiger partial charge >= 0.3 is 5.97 Å². The Bertz CT molecular complexity index is 662. The number of carbonyl (C=O) groups excluding carboxylic acids is 1. The fourth-order valence-corrected chi connectivity index (χ4v) is 2.87. The van der Waals surface area contributed by atoms with Gasteiger partial charge in [-0.3, -0.25) is 4.68 Å². The molecule has 0 N–H and O–H groups in total. The second kappa shape index (κ2) is 8.29. The molecule has 124 valence electrons. The highest BCUT2D eigenvalue weighted by atomic mass is 79.9. The monoisotopic (exact) mass is 378 g/mol. The lowest BCUT2D eigenvalue weighted by Gasteiger charge is -2.09. The molecule has 0 saturated heterocycles. The summed E-state index contributed by atoms with van der Waals surface area (Å²) in [5.41, 5.74) is 3.55. The molecule has 1 aromatic carbocycles. The van der Waals surface area contributed by atoms with Gasteiger partial charge in [0.05, 0.1) is 18.5 Å². The summed E-state index contributed by atoms with van der Waals surface area (Å²) in [6.07, 6.45) is 3.52. The van der Waals surface area contributed by atoms with Gasteiger partial charge in [0, 0.05) is 17.4 Å². The van der Waals surface area contributed by atoms with Gasteiger partial charge in [0.15, 0.2) is 0 Å². The third-order valence-electron chi connectivity index (χ3n) is 3.86. The summed E-state index contributed by atoms with van der Waals surface area (Å²) in [6.45, 7) is 4.99. The Labute approximate surface area is 146 Å². The fraction of sp³-hybridized carbons (Fsp3) is 0.444. The number of halogens is 1. The molecule has 1 aromatic heterocycles. The number of rotatable bonds is 7. The minimum atomic E-state index is -0.295. The van der Waals surface area contributed by atoms with Crippen LogP contribution in [0.1, 0.15) is 54.0 Å². The van der Waals surface area contributed by atoms with E-state index in [0.717, 1.165) is 47.2 Å². The van der Waals surface area contributed by atoms with E-state index in [4.69, 9.17) is 4.74 Å². The summed E-state index contributed by atoms with van der Waals surface area (Å²) in [6, 6.07) is 8.16. The maximum Gasteiger partial charge on any atom is 0.341 e. The molecular formula is C18H23BrN2O2. The molecular weight excluding hydrogens is 356 g/mol. The molecule has 2 aromatic rings. The number of hydrogen-bond donors (Lipinski definition) is 0. The Morgan fingerprint density at radius 1 is 1.26 bits per heavy atom. The van der Waals surface area contributed by atoms with Crippen LogP contribution in [0.5, 0.6) is 0 Å². The number of aromatic nitrogens is 2. The van der Waals surface area contributed by atoms with Gasteiger partial charge in [-0.1, -0.05) is 48.3 Å². The van der Waals surface area contributed by atoms with Crippen LogP contribution in [0.3, 0.4) is 0 Å². The maximum absolute atomic E-state index is 12.3. The minimum absolute atomic E-state index is 0.295. The van der Waals surface area contributed by atoms with Gasteiger partial charge in [0.1, 0.15) is 5.56 Å². The number of nitrogens with zero attached hydrogens (tertiary/aromatic N) is 2. The van der Waals surface area contributed by atoms with Crippen molar-refractivity contribution in [2.24, 2.45) is 0 Å². The van der Waals surface area contributed by atoms with Gasteiger partial charge in [0.25, 0.3) is 0 Å². The Balaban J connectivity index is 2.45. The van der Waals surface area contributed by atoms with E-state index in [2.05, 4.69) is 40.1 Å². The average molecular weight is 379 g/mol. The third-order valence-corrected chi connectivity index (χ3v) is 4.39. The minimum Gasteiger partial charge on any atom is -0.465 e. The van der Waals surface area contributed by atoms with E-state index in [9.17, 15) is 4.79 Å². The van der Waals surface area contributed by atoms with Crippen LogP contribution in [0.4, 0.5) is 0 Å². The predicted octanol–water partition coefficient (Wildman–Crippen LogP) is 4.39. The fourth-order valence-electron chi connectivity index (χ4n) is 2.60. The van der Waals surface area contributed by atoms with Crippen molar-refractivity contribution >= 4 is 21.9 Å². The highest BCUT2D eigenvalue weighted by Crippen LogP contribution is 2.22. The molecule has 0 aliphatic carbocycles. The lowest BCUT2D eigenvalue weighted by molar-refractivity contribution is 0.0598. The van der Waals surface area contributed by atoms with Crippen LogP contribution in [0.15, 0.2) is 28.7 Å². The number of hydrogen-bond acceptors (Lipinski definition) is 3. The number of methoxy groups -OCH3 is 1. The zero-order valence-corrected chi connectivity index (χ0v) is 15.5. The van der Waals surface area contributed by atoms with Gasteiger partial charge in [-0.05, 0) is 30.5 Å². The van der Waals surface area contributed by atoms with Crippen molar-refractivity contribution in [3.05, 3.63) is 51.3 Å². The van der Waals surface area contributed by atoms with E-state index in [1.54, 1.807) is 0 Å². The van der Waals surface area contributed by atoms with Gasteiger partial charge in [0.2, 0.25) is 0 Å². The summed E-state index contributed by atoms with van der Waals surface area (Å²) in [4.78, 5) is 12.3. The SMILES string of the molecule is CCCCn1nc(CC)c(C(=O)OC)c1Cc1ccc(Br)cc1. The largest absolute Gasteiger partial charge is 0.465 e. The first kappa shape index (κ1) is 17.7. The van der Waals surface area contributed by atoms with Crippen molar-refractivity contribution < 1.29 is 9.53 Å². The van der Waals surface area contributed by atoms with E-state index in [-0.39, 0.29) is 5.97 Å². The summed E-state index contributed by atoms with van der Waals surface area (Å²) in [7, 11) is 1.43. The number of unbranched alkanes of at least 4 members (excludes halogenated alkanes) is 1. The highest BCUT2D eigenvalue weighted by molar-refractivity contribution is 9.10. The summed E-state index contributed by atoms with van der Waals surface area (Å²) >= 11 is 3.45. The predicted molar refractivity (Wildman–Crippen MR) is 94.8 cm³/mol. The summed E-state index contributed by atoms with van der Waals surface area (Å²) in [5, 5.41) is 4.66. The van der Waals surface area contributed by atoms with Crippen LogP contribution in [-0.2, 0) is 24.1 Å². The number of esters is 1. The first-order valence-corrected chi connectivity index (χ1v) is 8.81. The molecule has 0 amide bonds. The second-order valence-corrected chi connectivity index (χ2v) is 6.41. The molecule has 0 atom stereocenters. The topological polar surface area (TPSA) is 44.1 Å². The number of benzene rings is 1. The van der Waals surface area contributed by atoms with Crippen molar-refractivity contribution in [3.63, 3.8) is 0 Å². The molecule has 2 rings (SSSR count). The normalized spacial score (nSPS) is 10.8. The molecule has 0 bridgehead atoms. The zero-order valence-electron chi connectivity index (χ0n) is 13.9. The van der Waals surface area contributed by atoms with E-state index < -0.39 is 0 Å². The molecule has 4 nitrogen and oxygen atoms in total. The molecule has 0 radical (unpaired) electrons. The van der Waals surface area contributed by atoms with E-state index >= 15 is 0 Å². The van der Waals surface area contributed by atoms with Gasteiger partial charge < -0.3 is 4.74 Å². The van der Waals surface area contributed by atoms with Crippen LogP contribution in [0.2, 0.25) is 0 Å². The van der Waals surface area contributed by atoms with Gasteiger partial charge in [-0.25, -0.2) is 4.79 Å². The van der Waals surface area contributed by atoms with Gasteiger partial charge in [-0.2, -0.15) is 5.10 Å².